The summed E-state index contributed by atoms with van der Waals surface area (Å²) in [4.78, 5) is 0. The van der Waals surface area contributed by atoms with Gasteiger partial charge in [-0.3, -0.25) is 0 Å². The fourth-order valence-corrected chi connectivity index (χ4v) is 0.503. The molecule has 13 heavy (non-hydrogen) atoms. The molecule has 0 spiro atoms. The first kappa shape index (κ1) is 12.5. The summed E-state index contributed by atoms with van der Waals surface area (Å²) in [6, 6.07) is 0. The quantitative estimate of drug-likeness (QED) is 0.625. The van der Waals surface area contributed by atoms with Gasteiger partial charge in [0, 0.05) is 0 Å². The average Bonchev–Trinajstić information content (AvgIpc) is 1.83. The molecule has 0 fully saturated rings. The van der Waals surface area contributed by atoms with E-state index in [2.05, 4.69) is 0 Å². The molecule has 1 radical (unpaired) electrons. The van der Waals surface area contributed by atoms with Crippen molar-refractivity contribution in [2.24, 2.45) is 0 Å². The fourth-order valence-electron chi connectivity index (χ4n) is 0.503. The Morgan fingerprint density at radius 3 is 1.77 bits per heavy atom. The Bertz CT molecular complexity index is 144. The molecule has 79 valence electrons. The zero-order valence-corrected chi connectivity index (χ0v) is 6.43. The standard InChI is InChI=1S/C6H6F7/c1-3(7)5(10,11)2-6(12,13)4(8)9/h3H,2H2,1H3. The Hall–Kier alpha value is -0.490. The summed E-state index contributed by atoms with van der Waals surface area (Å²) in [6.45, 7) is 0.326. The lowest BCUT2D eigenvalue weighted by Crippen LogP contribution is -2.37. The molecule has 0 aromatic carbocycles. The summed E-state index contributed by atoms with van der Waals surface area (Å²) in [6.07, 6.45) is -8.84. The molecule has 1 unspecified atom stereocenters. The molecule has 0 saturated heterocycles. The smallest absolute Gasteiger partial charge is 0.241 e. The lowest BCUT2D eigenvalue weighted by molar-refractivity contribution is -0.159. The summed E-state index contributed by atoms with van der Waals surface area (Å²) in [5.74, 6) is -9.39. The maximum atomic E-state index is 12.2. The van der Waals surface area contributed by atoms with Crippen LogP contribution in [0.4, 0.5) is 30.7 Å². The van der Waals surface area contributed by atoms with E-state index >= 15 is 0 Å². The van der Waals surface area contributed by atoms with Gasteiger partial charge >= 0.3 is 12.3 Å². The van der Waals surface area contributed by atoms with Crippen molar-refractivity contribution >= 4 is 0 Å². The van der Waals surface area contributed by atoms with Crippen molar-refractivity contribution in [1.29, 1.82) is 0 Å². The summed E-state index contributed by atoms with van der Waals surface area (Å²) >= 11 is 0. The van der Waals surface area contributed by atoms with Crippen molar-refractivity contribution in [2.75, 3.05) is 0 Å². The van der Waals surface area contributed by atoms with Gasteiger partial charge in [-0.2, -0.15) is 17.6 Å². The van der Waals surface area contributed by atoms with Crippen LogP contribution in [0.1, 0.15) is 13.3 Å². The minimum Gasteiger partial charge on any atom is -0.241 e. The topological polar surface area (TPSA) is 0 Å². The van der Waals surface area contributed by atoms with Crippen LogP contribution in [-0.2, 0) is 0 Å². The first-order valence-corrected chi connectivity index (χ1v) is 3.18. The van der Waals surface area contributed by atoms with Crippen LogP contribution in [0.2, 0.25) is 0 Å². The summed E-state index contributed by atoms with van der Waals surface area (Å²) in [5, 5.41) is 0. The highest BCUT2D eigenvalue weighted by Gasteiger charge is 2.53. The number of hydrogen-bond donors (Lipinski definition) is 0. The summed E-state index contributed by atoms with van der Waals surface area (Å²) < 4.78 is 82.9. The molecule has 0 aromatic heterocycles. The Morgan fingerprint density at radius 2 is 1.54 bits per heavy atom. The van der Waals surface area contributed by atoms with Crippen LogP contribution in [0.15, 0.2) is 0 Å². The third-order valence-electron chi connectivity index (χ3n) is 1.32. The molecule has 0 nitrogen and oxygen atoms in total. The Balaban J connectivity index is 4.42. The van der Waals surface area contributed by atoms with Crippen molar-refractivity contribution in [2.45, 2.75) is 31.4 Å². The monoisotopic (exact) mass is 211 g/mol. The lowest BCUT2D eigenvalue weighted by Gasteiger charge is -2.22. The molecule has 0 aliphatic heterocycles. The van der Waals surface area contributed by atoms with Gasteiger partial charge in [-0.1, -0.05) is 0 Å². The van der Waals surface area contributed by atoms with Gasteiger partial charge in [0.1, 0.15) is 0 Å². The highest BCUT2D eigenvalue weighted by Crippen LogP contribution is 2.40. The largest absolute Gasteiger partial charge is 0.378 e. The van der Waals surface area contributed by atoms with Crippen LogP contribution in [0.5, 0.6) is 0 Å². The van der Waals surface area contributed by atoms with Gasteiger partial charge < -0.3 is 0 Å². The van der Waals surface area contributed by atoms with Gasteiger partial charge in [0.25, 0.3) is 5.92 Å². The van der Waals surface area contributed by atoms with E-state index in [1.807, 2.05) is 0 Å². The van der Waals surface area contributed by atoms with E-state index in [0.29, 0.717) is 6.92 Å². The van der Waals surface area contributed by atoms with E-state index in [1.165, 1.54) is 0 Å². The van der Waals surface area contributed by atoms with Gasteiger partial charge in [0.15, 0.2) is 6.17 Å². The van der Waals surface area contributed by atoms with E-state index in [1.54, 1.807) is 0 Å². The second-order valence-electron chi connectivity index (χ2n) is 2.52. The number of hydrogen-bond acceptors (Lipinski definition) is 0. The summed E-state index contributed by atoms with van der Waals surface area (Å²) in [7, 11) is 0. The lowest BCUT2D eigenvalue weighted by atomic mass is 10.1. The van der Waals surface area contributed by atoms with Crippen LogP contribution in [0, 0.1) is 6.43 Å². The van der Waals surface area contributed by atoms with E-state index < -0.39 is 30.9 Å². The molecular formula is C6H6F7. The van der Waals surface area contributed by atoms with Gasteiger partial charge in [-0.25, -0.2) is 13.2 Å². The minimum atomic E-state index is -4.94. The molecule has 1 atom stereocenters. The maximum absolute atomic E-state index is 12.2. The zero-order chi connectivity index (χ0) is 10.9. The molecule has 0 N–H and O–H groups in total. The van der Waals surface area contributed by atoms with Crippen LogP contribution in [0.3, 0.4) is 0 Å². The number of alkyl halides is 5. The third-order valence-corrected chi connectivity index (χ3v) is 1.32. The predicted molar refractivity (Wildman–Crippen MR) is 30.5 cm³/mol. The van der Waals surface area contributed by atoms with Crippen molar-refractivity contribution in [3.8, 4) is 0 Å². The molecule has 0 amide bonds. The molecule has 0 rings (SSSR count). The molecule has 0 aromatic rings. The van der Waals surface area contributed by atoms with Gasteiger partial charge in [0.05, 0.1) is 6.42 Å². The molecular weight excluding hydrogens is 205 g/mol. The highest BCUT2D eigenvalue weighted by molar-refractivity contribution is 4.90. The zero-order valence-electron chi connectivity index (χ0n) is 6.43. The minimum absolute atomic E-state index is 0.326. The SMILES string of the molecule is CC(F)C(F)(F)CC(F)(F)[C](F)F. The predicted octanol–water partition coefficient (Wildman–Crippen LogP) is 3.43. The second-order valence-corrected chi connectivity index (χ2v) is 2.52. The van der Waals surface area contributed by atoms with E-state index in [4.69, 9.17) is 0 Å². The second kappa shape index (κ2) is 3.71. The molecule has 0 aliphatic rings. The first-order valence-electron chi connectivity index (χ1n) is 3.18. The Labute approximate surface area is 69.7 Å². The van der Waals surface area contributed by atoms with Crippen molar-refractivity contribution < 1.29 is 30.7 Å². The Kier molecular flexibility index (Phi) is 3.57. The van der Waals surface area contributed by atoms with Crippen LogP contribution in [0.25, 0.3) is 0 Å². The van der Waals surface area contributed by atoms with Crippen molar-refractivity contribution in [1.82, 2.24) is 0 Å². The molecule has 0 heterocycles. The third kappa shape index (κ3) is 3.40. The van der Waals surface area contributed by atoms with Crippen LogP contribution in [-0.4, -0.2) is 18.0 Å². The van der Waals surface area contributed by atoms with E-state index in [-0.39, 0.29) is 0 Å². The van der Waals surface area contributed by atoms with Crippen molar-refractivity contribution in [3.63, 3.8) is 0 Å². The molecule has 0 bridgehead atoms. The van der Waals surface area contributed by atoms with Gasteiger partial charge in [-0.05, 0) is 6.92 Å². The van der Waals surface area contributed by atoms with Gasteiger partial charge in [-0.15, -0.1) is 0 Å². The van der Waals surface area contributed by atoms with Crippen LogP contribution >= 0.6 is 0 Å². The normalized spacial score (nSPS) is 16.4. The first-order chi connectivity index (χ1) is 5.59. The van der Waals surface area contributed by atoms with Crippen molar-refractivity contribution in [3.05, 3.63) is 6.43 Å². The average molecular weight is 211 g/mol. The number of rotatable bonds is 4. The van der Waals surface area contributed by atoms with Crippen LogP contribution < -0.4 is 0 Å². The van der Waals surface area contributed by atoms with Gasteiger partial charge in [0.2, 0.25) is 0 Å². The summed E-state index contributed by atoms with van der Waals surface area (Å²) in [5.41, 5.74) is 0. The maximum Gasteiger partial charge on any atom is 0.378 e. The molecule has 0 saturated carbocycles. The highest BCUT2D eigenvalue weighted by atomic mass is 19.3. The van der Waals surface area contributed by atoms with E-state index in [9.17, 15) is 30.7 Å². The van der Waals surface area contributed by atoms with E-state index in [0.717, 1.165) is 0 Å². The Morgan fingerprint density at radius 1 is 1.15 bits per heavy atom. The molecule has 0 aliphatic carbocycles. The fraction of sp³-hybridized carbons (Fsp3) is 0.833. The number of halogens is 7. The molecule has 7 heteroatoms.